The first-order valence-electron chi connectivity index (χ1n) is 5.43. The molecule has 0 aliphatic carbocycles. The Morgan fingerprint density at radius 3 is 2.78 bits per heavy atom. The minimum absolute atomic E-state index is 0.145. The second kappa shape index (κ2) is 6.10. The van der Waals surface area contributed by atoms with Crippen molar-refractivity contribution in [3.8, 4) is 0 Å². The predicted octanol–water partition coefficient (Wildman–Crippen LogP) is 2.43. The third kappa shape index (κ3) is 3.64. The quantitative estimate of drug-likeness (QED) is 0.873. The average molecular weight is 327 g/mol. The van der Waals surface area contributed by atoms with Gasteiger partial charge < -0.3 is 4.98 Å². The topological polar surface area (TPSA) is 71.5 Å². The van der Waals surface area contributed by atoms with Gasteiger partial charge in [-0.3, -0.25) is 4.79 Å². The Kier molecular flexibility index (Phi) is 4.48. The largest absolute Gasteiger partial charge is 0.301 e. The van der Waals surface area contributed by atoms with Gasteiger partial charge in [0.2, 0.25) is 0 Å². The molecule has 2 rings (SSSR count). The number of rotatable bonds is 4. The summed E-state index contributed by atoms with van der Waals surface area (Å²) in [5.74, 6) is 0. The number of hydrogen-bond acceptors (Lipinski definition) is 5. The van der Waals surface area contributed by atoms with Gasteiger partial charge in [-0.1, -0.05) is 13.3 Å². The number of aryl methyl sites for hydroxylation is 1. The van der Waals surface area contributed by atoms with E-state index in [4.69, 9.17) is 0 Å². The molecule has 7 heteroatoms. The number of halogens is 1. The van der Waals surface area contributed by atoms with Gasteiger partial charge >= 0.3 is 0 Å². The second-order valence-electron chi connectivity index (χ2n) is 3.58. The molecule has 0 bridgehead atoms. The molecule has 2 aromatic heterocycles. The summed E-state index contributed by atoms with van der Waals surface area (Å²) in [6, 6.07) is 1.52. The van der Waals surface area contributed by atoms with Crippen LogP contribution >= 0.6 is 27.7 Å². The first-order valence-corrected chi connectivity index (χ1v) is 7.04. The van der Waals surface area contributed by atoms with E-state index in [1.165, 1.54) is 17.8 Å². The van der Waals surface area contributed by atoms with Crippen LogP contribution in [0.2, 0.25) is 0 Å². The maximum atomic E-state index is 11.5. The van der Waals surface area contributed by atoms with E-state index in [1.54, 1.807) is 12.4 Å². The van der Waals surface area contributed by atoms with E-state index in [-0.39, 0.29) is 5.56 Å². The van der Waals surface area contributed by atoms with Gasteiger partial charge in [0, 0.05) is 24.2 Å². The minimum atomic E-state index is -0.145. The van der Waals surface area contributed by atoms with Gasteiger partial charge in [-0.2, -0.15) is 0 Å². The Balaban J connectivity index is 2.23. The van der Waals surface area contributed by atoms with Gasteiger partial charge in [0.15, 0.2) is 10.3 Å². The maximum absolute atomic E-state index is 11.5. The zero-order valence-corrected chi connectivity index (χ0v) is 12.1. The van der Waals surface area contributed by atoms with E-state index >= 15 is 0 Å². The molecule has 0 fully saturated rings. The highest BCUT2D eigenvalue weighted by Gasteiger charge is 2.05. The molecule has 0 radical (unpaired) electrons. The molecule has 0 atom stereocenters. The van der Waals surface area contributed by atoms with Crippen LogP contribution in [-0.2, 0) is 6.42 Å². The Hall–Kier alpha value is -1.21. The first-order chi connectivity index (χ1) is 8.67. The van der Waals surface area contributed by atoms with Gasteiger partial charge in [0.05, 0.1) is 4.47 Å². The Labute approximate surface area is 117 Å². The second-order valence-corrected chi connectivity index (χ2v) is 5.45. The van der Waals surface area contributed by atoms with Crippen molar-refractivity contribution in [2.75, 3.05) is 0 Å². The van der Waals surface area contributed by atoms with E-state index in [2.05, 4.69) is 35.9 Å². The van der Waals surface area contributed by atoms with Gasteiger partial charge in [0.1, 0.15) is 0 Å². The Morgan fingerprint density at radius 2 is 2.11 bits per heavy atom. The van der Waals surface area contributed by atoms with Crippen molar-refractivity contribution in [2.45, 2.75) is 30.1 Å². The molecule has 0 saturated carbocycles. The molecular formula is C11H11BrN4OS. The van der Waals surface area contributed by atoms with Crippen LogP contribution in [0.3, 0.4) is 0 Å². The standard InChI is InChI=1S/C11H11BrN4OS/c1-2-3-8-4-9(17)16-11(15-8)18-10-13-5-7(12)6-14-10/h4-6H,2-3H2,1H3,(H,15,16,17). The fraction of sp³-hybridized carbons (Fsp3) is 0.273. The number of hydrogen-bond donors (Lipinski definition) is 1. The fourth-order valence-corrected chi connectivity index (χ4v) is 2.26. The lowest BCUT2D eigenvalue weighted by molar-refractivity contribution is 0.812. The molecule has 0 amide bonds. The van der Waals surface area contributed by atoms with Crippen molar-refractivity contribution in [3.63, 3.8) is 0 Å². The summed E-state index contributed by atoms with van der Waals surface area (Å²) in [6.07, 6.45) is 5.06. The molecule has 0 aromatic carbocycles. The van der Waals surface area contributed by atoms with Crippen LogP contribution in [0.25, 0.3) is 0 Å². The summed E-state index contributed by atoms with van der Waals surface area (Å²) in [5, 5.41) is 1.07. The van der Waals surface area contributed by atoms with E-state index in [1.807, 2.05) is 6.92 Å². The van der Waals surface area contributed by atoms with Gasteiger partial charge in [-0.25, -0.2) is 15.0 Å². The van der Waals surface area contributed by atoms with E-state index in [9.17, 15) is 4.79 Å². The van der Waals surface area contributed by atoms with E-state index in [0.29, 0.717) is 10.3 Å². The number of H-pyrrole nitrogens is 1. The van der Waals surface area contributed by atoms with Crippen LogP contribution in [0.5, 0.6) is 0 Å². The molecular weight excluding hydrogens is 316 g/mol. The highest BCUT2D eigenvalue weighted by atomic mass is 79.9. The molecule has 2 heterocycles. The van der Waals surface area contributed by atoms with Crippen LogP contribution in [0.1, 0.15) is 19.0 Å². The van der Waals surface area contributed by atoms with Crippen LogP contribution < -0.4 is 5.56 Å². The van der Waals surface area contributed by atoms with Crippen molar-refractivity contribution in [3.05, 3.63) is 39.0 Å². The van der Waals surface area contributed by atoms with E-state index in [0.717, 1.165) is 23.0 Å². The summed E-state index contributed by atoms with van der Waals surface area (Å²) in [5.41, 5.74) is 0.647. The van der Waals surface area contributed by atoms with Gasteiger partial charge in [-0.05, 0) is 34.1 Å². The van der Waals surface area contributed by atoms with Crippen LogP contribution in [0.4, 0.5) is 0 Å². The number of aromatic nitrogens is 4. The van der Waals surface area contributed by atoms with Crippen molar-refractivity contribution in [1.82, 2.24) is 19.9 Å². The highest BCUT2D eigenvalue weighted by Crippen LogP contribution is 2.20. The number of aromatic amines is 1. The summed E-state index contributed by atoms with van der Waals surface area (Å²) < 4.78 is 0.813. The molecule has 2 aromatic rings. The molecule has 0 saturated heterocycles. The SMILES string of the molecule is CCCc1cc(=O)[nH]c(Sc2ncc(Br)cn2)n1. The molecule has 0 aliphatic rings. The predicted molar refractivity (Wildman–Crippen MR) is 72.7 cm³/mol. The lowest BCUT2D eigenvalue weighted by Gasteiger charge is -2.02. The molecule has 94 valence electrons. The Bertz CT molecular complexity index is 584. The normalized spacial score (nSPS) is 10.6. The Morgan fingerprint density at radius 1 is 1.39 bits per heavy atom. The lowest BCUT2D eigenvalue weighted by Crippen LogP contribution is -2.10. The van der Waals surface area contributed by atoms with Crippen molar-refractivity contribution < 1.29 is 0 Å². The van der Waals surface area contributed by atoms with Gasteiger partial charge in [0.25, 0.3) is 5.56 Å². The van der Waals surface area contributed by atoms with Crippen molar-refractivity contribution in [2.24, 2.45) is 0 Å². The summed E-state index contributed by atoms with van der Waals surface area (Å²) in [7, 11) is 0. The average Bonchev–Trinajstić information content (AvgIpc) is 2.32. The van der Waals surface area contributed by atoms with Crippen LogP contribution in [-0.4, -0.2) is 19.9 Å². The van der Waals surface area contributed by atoms with Gasteiger partial charge in [-0.15, -0.1) is 0 Å². The van der Waals surface area contributed by atoms with Crippen LogP contribution in [0.15, 0.2) is 38.0 Å². The summed E-state index contributed by atoms with van der Waals surface area (Å²) in [4.78, 5) is 26.7. The third-order valence-electron chi connectivity index (χ3n) is 2.06. The first kappa shape index (κ1) is 13.2. The fourth-order valence-electron chi connectivity index (χ4n) is 1.36. The summed E-state index contributed by atoms with van der Waals surface area (Å²) >= 11 is 4.51. The molecule has 1 N–H and O–H groups in total. The number of nitrogens with zero attached hydrogens (tertiary/aromatic N) is 3. The lowest BCUT2D eigenvalue weighted by atomic mass is 10.2. The summed E-state index contributed by atoms with van der Waals surface area (Å²) in [6.45, 7) is 2.05. The minimum Gasteiger partial charge on any atom is -0.301 e. The maximum Gasteiger partial charge on any atom is 0.251 e. The van der Waals surface area contributed by atoms with E-state index < -0.39 is 0 Å². The smallest absolute Gasteiger partial charge is 0.251 e. The number of nitrogens with one attached hydrogen (secondary N) is 1. The van der Waals surface area contributed by atoms with Crippen molar-refractivity contribution in [1.29, 1.82) is 0 Å². The molecule has 0 aliphatic heterocycles. The van der Waals surface area contributed by atoms with Crippen LogP contribution in [0, 0.1) is 0 Å². The zero-order chi connectivity index (χ0) is 13.0. The molecule has 0 unspecified atom stereocenters. The monoisotopic (exact) mass is 326 g/mol. The van der Waals surface area contributed by atoms with Crippen molar-refractivity contribution >= 4 is 27.7 Å². The zero-order valence-electron chi connectivity index (χ0n) is 9.68. The third-order valence-corrected chi connectivity index (χ3v) is 3.25. The molecule has 18 heavy (non-hydrogen) atoms. The molecule has 5 nitrogen and oxygen atoms in total. The highest BCUT2D eigenvalue weighted by molar-refractivity contribution is 9.10. The molecule has 0 spiro atoms.